The van der Waals surface area contributed by atoms with Crippen molar-refractivity contribution in [1.82, 2.24) is 10.2 Å². The van der Waals surface area contributed by atoms with Crippen molar-refractivity contribution in [2.24, 2.45) is 0 Å². The summed E-state index contributed by atoms with van der Waals surface area (Å²) in [5.41, 5.74) is -0.544. The molecule has 0 atom stereocenters. The van der Waals surface area contributed by atoms with E-state index >= 15 is 0 Å². The summed E-state index contributed by atoms with van der Waals surface area (Å²) in [6, 6.07) is -0.143. The van der Waals surface area contributed by atoms with E-state index in [4.69, 9.17) is 5.11 Å². The molecule has 1 fully saturated rings. The fourth-order valence-corrected chi connectivity index (χ4v) is 2.20. The number of carbonyl (C=O) groups excluding carboxylic acids is 1. The summed E-state index contributed by atoms with van der Waals surface area (Å²) in [4.78, 5) is 24.6. The van der Waals surface area contributed by atoms with Gasteiger partial charge in [-0.05, 0) is 33.1 Å². The van der Waals surface area contributed by atoms with Crippen LogP contribution in [0.2, 0.25) is 0 Å². The fourth-order valence-electron chi connectivity index (χ4n) is 2.20. The number of amides is 2. The molecule has 1 saturated carbocycles. The maximum Gasteiger partial charge on any atom is 0.318 e. The van der Waals surface area contributed by atoms with Crippen molar-refractivity contribution in [1.29, 1.82) is 0 Å². The number of carboxylic acids is 1. The van der Waals surface area contributed by atoms with E-state index in [1.54, 1.807) is 11.0 Å². The minimum Gasteiger partial charge on any atom is -0.481 e. The van der Waals surface area contributed by atoms with Crippen molar-refractivity contribution in [3.8, 4) is 0 Å². The Bertz CT molecular complexity index is 335. The first-order valence-corrected chi connectivity index (χ1v) is 6.32. The van der Waals surface area contributed by atoms with Gasteiger partial charge >= 0.3 is 12.0 Å². The average molecular weight is 254 g/mol. The highest BCUT2D eigenvalue weighted by Gasteiger charge is 2.41. The van der Waals surface area contributed by atoms with E-state index in [9.17, 15) is 9.59 Å². The molecule has 102 valence electrons. The number of carboxylic acid groups (broad SMARTS) is 1. The summed E-state index contributed by atoms with van der Waals surface area (Å²) in [6.07, 6.45) is 4.12. The van der Waals surface area contributed by atoms with Crippen LogP contribution in [0.1, 0.15) is 39.5 Å². The molecule has 2 N–H and O–H groups in total. The molecule has 2 amide bonds. The molecular weight excluding hydrogens is 232 g/mol. The summed E-state index contributed by atoms with van der Waals surface area (Å²) >= 11 is 0. The van der Waals surface area contributed by atoms with E-state index in [1.807, 2.05) is 13.8 Å². The summed E-state index contributed by atoms with van der Waals surface area (Å²) in [6.45, 7) is 7.94. The molecule has 1 rings (SSSR count). The first-order valence-electron chi connectivity index (χ1n) is 6.32. The Morgan fingerprint density at radius 2 is 2.11 bits per heavy atom. The van der Waals surface area contributed by atoms with Gasteiger partial charge in [-0.3, -0.25) is 4.79 Å². The second-order valence-corrected chi connectivity index (χ2v) is 5.17. The van der Waals surface area contributed by atoms with Crippen LogP contribution < -0.4 is 5.32 Å². The molecular formula is C13H22N2O3. The van der Waals surface area contributed by atoms with Gasteiger partial charge < -0.3 is 15.3 Å². The van der Waals surface area contributed by atoms with E-state index in [1.165, 1.54) is 0 Å². The lowest BCUT2D eigenvalue weighted by Crippen LogP contribution is -2.59. The number of aliphatic carboxylic acids is 1. The van der Waals surface area contributed by atoms with E-state index in [0.29, 0.717) is 6.54 Å². The number of carbonyl (C=O) groups is 2. The monoisotopic (exact) mass is 254 g/mol. The summed E-state index contributed by atoms with van der Waals surface area (Å²) in [5.74, 6) is -0.866. The highest BCUT2D eigenvalue weighted by Crippen LogP contribution is 2.35. The van der Waals surface area contributed by atoms with Crippen LogP contribution in [0.4, 0.5) is 4.79 Å². The number of nitrogens with one attached hydrogen (secondary N) is 1. The van der Waals surface area contributed by atoms with Gasteiger partial charge in [0.15, 0.2) is 0 Å². The van der Waals surface area contributed by atoms with Crippen LogP contribution in [0, 0.1) is 0 Å². The second-order valence-electron chi connectivity index (χ2n) is 5.17. The molecule has 1 aliphatic rings. The molecule has 0 bridgehead atoms. The zero-order valence-corrected chi connectivity index (χ0v) is 11.1. The molecule has 0 unspecified atom stereocenters. The van der Waals surface area contributed by atoms with Gasteiger partial charge in [-0.1, -0.05) is 6.08 Å². The van der Waals surface area contributed by atoms with Crippen LogP contribution >= 0.6 is 0 Å². The zero-order chi connectivity index (χ0) is 13.8. The molecule has 0 spiro atoms. The minimum absolute atomic E-state index is 0.00123. The summed E-state index contributed by atoms with van der Waals surface area (Å²) in [7, 11) is 0. The third-order valence-corrected chi connectivity index (χ3v) is 3.38. The number of rotatable bonds is 6. The van der Waals surface area contributed by atoms with Gasteiger partial charge in [-0.25, -0.2) is 4.79 Å². The molecule has 5 nitrogen and oxygen atoms in total. The molecule has 0 aromatic carbocycles. The second kappa shape index (κ2) is 5.89. The lowest BCUT2D eigenvalue weighted by molar-refractivity contribution is -0.139. The third kappa shape index (κ3) is 3.48. The topological polar surface area (TPSA) is 69.6 Å². The van der Waals surface area contributed by atoms with Gasteiger partial charge in [0, 0.05) is 12.6 Å². The van der Waals surface area contributed by atoms with Gasteiger partial charge in [0.1, 0.15) is 0 Å². The summed E-state index contributed by atoms with van der Waals surface area (Å²) < 4.78 is 0. The van der Waals surface area contributed by atoms with E-state index in [-0.39, 0.29) is 18.5 Å². The number of hydrogen-bond donors (Lipinski definition) is 2. The Hall–Kier alpha value is -1.52. The first kappa shape index (κ1) is 14.5. The quantitative estimate of drug-likeness (QED) is 0.712. The van der Waals surface area contributed by atoms with Gasteiger partial charge in [0.25, 0.3) is 0 Å². The number of hydrogen-bond acceptors (Lipinski definition) is 2. The Kier molecular flexibility index (Phi) is 4.76. The molecule has 0 aromatic heterocycles. The maximum atomic E-state index is 12.1. The number of urea groups is 1. The molecule has 0 aromatic rings. The number of nitrogens with zero attached hydrogens (tertiary/aromatic N) is 1. The highest BCUT2D eigenvalue weighted by molar-refractivity contribution is 5.77. The minimum atomic E-state index is -0.866. The van der Waals surface area contributed by atoms with Crippen molar-refractivity contribution in [2.75, 3.05) is 6.54 Å². The van der Waals surface area contributed by atoms with Crippen LogP contribution in [-0.4, -0.2) is 40.1 Å². The standard InChI is InChI=1S/C13H22N2O3/c1-4-8-15(10(2)3)12(18)14-13(6-5-7-13)9-11(16)17/h4,10H,1,5-9H2,2-3H3,(H,14,18)(H,16,17). The van der Waals surface area contributed by atoms with Crippen molar-refractivity contribution in [3.05, 3.63) is 12.7 Å². The van der Waals surface area contributed by atoms with Crippen LogP contribution in [-0.2, 0) is 4.79 Å². The van der Waals surface area contributed by atoms with Gasteiger partial charge in [0.2, 0.25) is 0 Å². The Balaban J connectivity index is 2.65. The van der Waals surface area contributed by atoms with Crippen LogP contribution in [0.25, 0.3) is 0 Å². The van der Waals surface area contributed by atoms with Crippen LogP contribution in [0.3, 0.4) is 0 Å². The molecule has 1 aliphatic carbocycles. The van der Waals surface area contributed by atoms with Gasteiger partial charge in [-0.15, -0.1) is 6.58 Å². The lowest BCUT2D eigenvalue weighted by atomic mass is 9.74. The molecule has 0 radical (unpaired) electrons. The van der Waals surface area contributed by atoms with Crippen LogP contribution in [0.5, 0.6) is 0 Å². The van der Waals surface area contributed by atoms with Gasteiger partial charge in [-0.2, -0.15) is 0 Å². The lowest BCUT2D eigenvalue weighted by Gasteiger charge is -2.43. The summed E-state index contributed by atoms with van der Waals surface area (Å²) in [5, 5.41) is 11.8. The Labute approximate surface area is 108 Å². The van der Waals surface area contributed by atoms with Crippen molar-refractivity contribution >= 4 is 12.0 Å². The fraction of sp³-hybridized carbons (Fsp3) is 0.692. The molecule has 5 heteroatoms. The Morgan fingerprint density at radius 1 is 1.50 bits per heavy atom. The van der Waals surface area contributed by atoms with Crippen molar-refractivity contribution in [2.45, 2.75) is 51.1 Å². The first-order chi connectivity index (χ1) is 8.40. The predicted octanol–water partition coefficient (Wildman–Crippen LogP) is 1.99. The zero-order valence-electron chi connectivity index (χ0n) is 11.1. The normalized spacial score (nSPS) is 16.8. The van der Waals surface area contributed by atoms with E-state index in [2.05, 4.69) is 11.9 Å². The van der Waals surface area contributed by atoms with E-state index < -0.39 is 11.5 Å². The molecule has 0 heterocycles. The van der Waals surface area contributed by atoms with E-state index in [0.717, 1.165) is 19.3 Å². The highest BCUT2D eigenvalue weighted by atomic mass is 16.4. The van der Waals surface area contributed by atoms with Crippen LogP contribution in [0.15, 0.2) is 12.7 Å². The molecule has 0 aliphatic heterocycles. The SMILES string of the molecule is C=CCN(C(=O)NC1(CC(=O)O)CCC1)C(C)C. The Morgan fingerprint density at radius 3 is 2.44 bits per heavy atom. The average Bonchev–Trinajstić information content (AvgIpc) is 2.21. The smallest absolute Gasteiger partial charge is 0.318 e. The van der Waals surface area contributed by atoms with Gasteiger partial charge in [0.05, 0.1) is 12.0 Å². The predicted molar refractivity (Wildman–Crippen MR) is 69.4 cm³/mol. The molecule has 18 heavy (non-hydrogen) atoms. The third-order valence-electron chi connectivity index (χ3n) is 3.38. The van der Waals surface area contributed by atoms with Crippen molar-refractivity contribution in [3.63, 3.8) is 0 Å². The maximum absolute atomic E-state index is 12.1. The van der Waals surface area contributed by atoms with Crippen molar-refractivity contribution < 1.29 is 14.7 Å². The molecule has 0 saturated heterocycles. The largest absolute Gasteiger partial charge is 0.481 e.